The summed E-state index contributed by atoms with van der Waals surface area (Å²) >= 11 is 0. The van der Waals surface area contributed by atoms with Crippen molar-refractivity contribution < 1.29 is 9.59 Å². The minimum Gasteiger partial charge on any atom is -0.348 e. The Hall–Kier alpha value is -3.03. The lowest BCUT2D eigenvalue weighted by molar-refractivity contribution is -0.126. The van der Waals surface area contributed by atoms with Gasteiger partial charge in [-0.25, -0.2) is 4.98 Å². The van der Waals surface area contributed by atoms with Gasteiger partial charge in [0.05, 0.1) is 5.69 Å². The number of amides is 1. The van der Waals surface area contributed by atoms with Crippen LogP contribution in [0.1, 0.15) is 21.6 Å². The van der Waals surface area contributed by atoms with E-state index in [1.54, 1.807) is 37.3 Å². The second-order valence-corrected chi connectivity index (χ2v) is 6.07. The molecule has 0 saturated heterocycles. The van der Waals surface area contributed by atoms with Gasteiger partial charge in [-0.3, -0.25) is 24.4 Å². The van der Waals surface area contributed by atoms with Crippen LogP contribution in [0.15, 0.2) is 29.3 Å². The van der Waals surface area contributed by atoms with Gasteiger partial charge in [-0.05, 0) is 18.6 Å². The van der Waals surface area contributed by atoms with E-state index in [9.17, 15) is 14.4 Å². The Bertz CT molecular complexity index is 860. The molecule has 0 atom stereocenters. The van der Waals surface area contributed by atoms with E-state index >= 15 is 0 Å². The van der Waals surface area contributed by atoms with Gasteiger partial charge >= 0.3 is 0 Å². The topological polar surface area (TPSA) is 99.3 Å². The number of anilines is 1. The van der Waals surface area contributed by atoms with E-state index < -0.39 is 11.7 Å². The summed E-state index contributed by atoms with van der Waals surface area (Å²) in [5.74, 6) is -0.685. The van der Waals surface area contributed by atoms with Crippen LogP contribution < -0.4 is 10.5 Å². The number of pyridine rings is 1. The van der Waals surface area contributed by atoms with Gasteiger partial charge < -0.3 is 9.80 Å². The summed E-state index contributed by atoms with van der Waals surface area (Å²) in [6, 6.07) is 3.18. The van der Waals surface area contributed by atoms with Crippen LogP contribution in [0.5, 0.6) is 0 Å². The lowest BCUT2D eigenvalue weighted by atomic mass is 10.1. The largest absolute Gasteiger partial charge is 0.348 e. The highest BCUT2D eigenvalue weighted by Gasteiger charge is 2.27. The summed E-state index contributed by atoms with van der Waals surface area (Å²) in [5, 5.41) is 0. The predicted octanol–water partition coefficient (Wildman–Crippen LogP) is 0.0410. The molecule has 1 amide bonds. The summed E-state index contributed by atoms with van der Waals surface area (Å²) < 4.78 is 0. The van der Waals surface area contributed by atoms with E-state index in [1.807, 2.05) is 0 Å². The Morgan fingerprint density at radius 1 is 1.24 bits per heavy atom. The number of nitrogens with one attached hydrogen (secondary N) is 1. The van der Waals surface area contributed by atoms with Crippen molar-refractivity contribution in [3.63, 3.8) is 0 Å². The van der Waals surface area contributed by atoms with Crippen molar-refractivity contribution in [2.45, 2.75) is 12.8 Å². The van der Waals surface area contributed by atoms with Crippen molar-refractivity contribution in [3.05, 3.63) is 51.7 Å². The van der Waals surface area contributed by atoms with Crippen LogP contribution >= 0.6 is 0 Å². The van der Waals surface area contributed by atoms with Crippen LogP contribution in [-0.4, -0.2) is 58.7 Å². The fourth-order valence-corrected chi connectivity index (χ4v) is 2.77. The number of hydrogen-bond acceptors (Lipinski definition) is 6. The van der Waals surface area contributed by atoms with Crippen molar-refractivity contribution in [1.29, 1.82) is 0 Å². The minimum absolute atomic E-state index is 0.193. The number of fused-ring (bicyclic) bond motifs is 1. The first-order chi connectivity index (χ1) is 12.0. The Kier molecular flexibility index (Phi) is 4.60. The number of Topliss-reactive ketones (excluding diaryl/α,β-unsaturated/α-hetero) is 1. The quantitative estimate of drug-likeness (QED) is 0.625. The molecule has 25 heavy (non-hydrogen) atoms. The number of H-pyrrole nitrogens is 1. The van der Waals surface area contributed by atoms with Crippen LogP contribution in [0, 0.1) is 0 Å². The van der Waals surface area contributed by atoms with E-state index in [4.69, 9.17) is 0 Å². The number of ketones is 1. The van der Waals surface area contributed by atoms with Crippen molar-refractivity contribution in [3.8, 4) is 0 Å². The van der Waals surface area contributed by atoms with Gasteiger partial charge in [0.25, 0.3) is 17.2 Å². The molecule has 0 fully saturated rings. The summed E-state index contributed by atoms with van der Waals surface area (Å²) in [6.07, 6.45) is 3.73. The molecule has 8 nitrogen and oxygen atoms in total. The van der Waals surface area contributed by atoms with Crippen LogP contribution in [0.25, 0.3) is 0 Å². The van der Waals surface area contributed by atoms with Crippen molar-refractivity contribution in [2.75, 3.05) is 32.1 Å². The summed E-state index contributed by atoms with van der Waals surface area (Å²) in [5.41, 5.74) is 1.33. The molecule has 0 aliphatic carbocycles. The maximum Gasteiger partial charge on any atom is 0.295 e. The minimum atomic E-state index is -0.588. The van der Waals surface area contributed by atoms with Crippen LogP contribution in [0.2, 0.25) is 0 Å². The molecule has 3 heterocycles. The normalized spacial score (nSPS) is 13.8. The number of carbonyl (C=O) groups is 2. The first-order valence-electron chi connectivity index (χ1n) is 8.00. The van der Waals surface area contributed by atoms with Crippen LogP contribution in [0.3, 0.4) is 0 Å². The molecule has 2 aromatic heterocycles. The van der Waals surface area contributed by atoms with Gasteiger partial charge in [0.15, 0.2) is 0 Å². The Morgan fingerprint density at radius 3 is 2.68 bits per heavy atom. The lowest BCUT2D eigenvalue weighted by Gasteiger charge is -2.18. The molecule has 1 N–H and O–H groups in total. The Labute approximate surface area is 144 Å². The number of carbonyl (C=O) groups excluding carboxylic acids is 2. The first kappa shape index (κ1) is 16.8. The summed E-state index contributed by atoms with van der Waals surface area (Å²) in [6.45, 7) is 0.658. The molecule has 2 aromatic rings. The molecule has 1 aliphatic rings. The number of hydrogen-bond donors (Lipinski definition) is 1. The van der Waals surface area contributed by atoms with Crippen molar-refractivity contribution in [1.82, 2.24) is 19.9 Å². The van der Waals surface area contributed by atoms with E-state index in [2.05, 4.69) is 15.0 Å². The molecular weight excluding hydrogens is 322 g/mol. The molecule has 0 bridgehead atoms. The Morgan fingerprint density at radius 2 is 2.00 bits per heavy atom. The summed E-state index contributed by atoms with van der Waals surface area (Å²) in [4.78, 5) is 51.4. The summed E-state index contributed by atoms with van der Waals surface area (Å²) in [7, 11) is 3.59. The fourth-order valence-electron chi connectivity index (χ4n) is 2.77. The zero-order chi connectivity index (χ0) is 18.0. The molecule has 0 aromatic carbocycles. The number of aromatic amines is 1. The molecule has 0 saturated carbocycles. The standard InChI is InChI=1S/C17H19N5O3/c1-21(2)17-19-13-6-9-22(8-5-12(13)15(24)20-17)16(25)14(23)11-4-3-7-18-10-11/h3-4,7,10H,5-6,8-9H2,1-2H3,(H,19,20,24). The van der Waals surface area contributed by atoms with E-state index in [0.717, 1.165) is 0 Å². The maximum atomic E-state index is 12.5. The van der Waals surface area contributed by atoms with Gasteiger partial charge in [0.1, 0.15) is 0 Å². The van der Waals surface area contributed by atoms with Crippen molar-refractivity contribution in [2.24, 2.45) is 0 Å². The van der Waals surface area contributed by atoms with E-state index in [0.29, 0.717) is 43.1 Å². The van der Waals surface area contributed by atoms with Gasteiger partial charge in [-0.2, -0.15) is 0 Å². The molecule has 1 aliphatic heterocycles. The van der Waals surface area contributed by atoms with Gasteiger partial charge in [0.2, 0.25) is 5.95 Å². The predicted molar refractivity (Wildman–Crippen MR) is 91.7 cm³/mol. The Balaban J connectivity index is 1.80. The third-order valence-electron chi connectivity index (χ3n) is 4.17. The van der Waals surface area contributed by atoms with Gasteiger partial charge in [-0.15, -0.1) is 0 Å². The average molecular weight is 341 g/mol. The third kappa shape index (κ3) is 3.42. The molecule has 8 heteroatoms. The fraction of sp³-hybridized carbons (Fsp3) is 0.353. The highest BCUT2D eigenvalue weighted by molar-refractivity contribution is 6.42. The van der Waals surface area contributed by atoms with Gasteiger partial charge in [-0.1, -0.05) is 0 Å². The monoisotopic (exact) mass is 341 g/mol. The highest BCUT2D eigenvalue weighted by atomic mass is 16.2. The zero-order valence-corrected chi connectivity index (χ0v) is 14.2. The average Bonchev–Trinajstić information content (AvgIpc) is 2.84. The molecule has 0 radical (unpaired) electrons. The SMILES string of the molecule is CN(C)c1nc2c(c(=O)[nH]1)CCN(C(=O)C(=O)c1cccnc1)CC2. The molecule has 130 valence electrons. The lowest BCUT2D eigenvalue weighted by Crippen LogP contribution is -2.38. The molecule has 3 rings (SSSR count). The maximum absolute atomic E-state index is 12.5. The molecular formula is C17H19N5O3. The number of aromatic nitrogens is 3. The third-order valence-corrected chi connectivity index (χ3v) is 4.17. The molecule has 0 spiro atoms. The number of nitrogens with zero attached hydrogens (tertiary/aromatic N) is 4. The van der Waals surface area contributed by atoms with E-state index in [1.165, 1.54) is 11.1 Å². The number of rotatable bonds is 3. The highest BCUT2D eigenvalue weighted by Crippen LogP contribution is 2.14. The second-order valence-electron chi connectivity index (χ2n) is 6.07. The van der Waals surface area contributed by atoms with Crippen LogP contribution in [-0.2, 0) is 17.6 Å². The smallest absolute Gasteiger partial charge is 0.295 e. The first-order valence-corrected chi connectivity index (χ1v) is 8.00. The van der Waals surface area contributed by atoms with Crippen LogP contribution in [0.4, 0.5) is 5.95 Å². The zero-order valence-electron chi connectivity index (χ0n) is 14.2. The van der Waals surface area contributed by atoms with Gasteiger partial charge in [0, 0.05) is 57.1 Å². The van der Waals surface area contributed by atoms with E-state index in [-0.39, 0.29) is 11.1 Å². The van der Waals surface area contributed by atoms with Crippen molar-refractivity contribution >= 4 is 17.6 Å². The second kappa shape index (κ2) is 6.84. The molecule has 0 unspecified atom stereocenters.